The van der Waals surface area contributed by atoms with Crippen molar-refractivity contribution in [3.8, 4) is 0 Å². The first kappa shape index (κ1) is 28.9. The lowest BCUT2D eigenvalue weighted by molar-refractivity contribution is 0.102. The number of hydrogen-bond donors (Lipinski definition) is 2. The monoisotopic (exact) mass is 513 g/mol. The molecule has 1 aromatic carbocycles. The molecule has 2 heterocycles. The van der Waals surface area contributed by atoms with Crippen LogP contribution in [0.5, 0.6) is 0 Å². The van der Waals surface area contributed by atoms with Gasteiger partial charge < -0.3 is 16.0 Å². The van der Waals surface area contributed by atoms with Crippen LogP contribution in [0.15, 0.2) is 84.0 Å². The van der Waals surface area contributed by atoms with Crippen molar-refractivity contribution in [2.75, 3.05) is 5.32 Å². The number of allylic oxidation sites excluding steroid dienone is 2. The van der Waals surface area contributed by atoms with Gasteiger partial charge in [0.05, 0.1) is 5.70 Å². The first-order valence-corrected chi connectivity index (χ1v) is 13.9. The zero-order valence-corrected chi connectivity index (χ0v) is 23.6. The lowest BCUT2D eigenvalue weighted by atomic mass is 9.86. The number of pyridine rings is 1. The minimum Gasteiger partial charge on any atom is -0.382 e. The molecule has 0 bridgehead atoms. The van der Waals surface area contributed by atoms with Crippen molar-refractivity contribution in [3.63, 3.8) is 0 Å². The van der Waals surface area contributed by atoms with Crippen LogP contribution in [0.25, 0.3) is 5.57 Å². The molecule has 0 spiro atoms. The smallest absolute Gasteiger partial charge is 0.256 e. The van der Waals surface area contributed by atoms with E-state index in [9.17, 15) is 4.79 Å². The maximum Gasteiger partial charge on any atom is 0.256 e. The normalized spacial score (nSPS) is 16.9. The molecule has 202 valence electrons. The Labute approximate surface area is 228 Å². The second-order valence-electron chi connectivity index (χ2n) is 10.2. The van der Waals surface area contributed by atoms with Crippen LogP contribution in [0.3, 0.4) is 0 Å². The zero-order chi connectivity index (χ0) is 27.7. The number of amidine groups is 1. The number of nitrogens with one attached hydrogen (secondary N) is 1. The number of aliphatic imine (C=N–C) groups is 1. The highest BCUT2D eigenvalue weighted by Gasteiger charge is 2.28. The predicted octanol–water partition coefficient (Wildman–Crippen LogP) is 7.60. The zero-order valence-electron chi connectivity index (χ0n) is 23.6. The van der Waals surface area contributed by atoms with Gasteiger partial charge in [0.15, 0.2) is 0 Å². The number of nitrogens with zero attached hydrogens (tertiary/aromatic N) is 3. The van der Waals surface area contributed by atoms with E-state index in [1.165, 1.54) is 0 Å². The van der Waals surface area contributed by atoms with E-state index in [-0.39, 0.29) is 11.8 Å². The molecular formula is C32H43N5O. The van der Waals surface area contributed by atoms with Crippen molar-refractivity contribution in [1.29, 1.82) is 0 Å². The summed E-state index contributed by atoms with van der Waals surface area (Å²) >= 11 is 0. The molecule has 3 atom stereocenters. The third-order valence-electron chi connectivity index (χ3n) is 7.44. The van der Waals surface area contributed by atoms with Gasteiger partial charge in [0.25, 0.3) is 5.91 Å². The summed E-state index contributed by atoms with van der Waals surface area (Å²) in [6.45, 7) is 15.7. The highest BCUT2D eigenvalue weighted by Crippen LogP contribution is 2.37. The number of carbonyl (C=O) groups is 1. The lowest BCUT2D eigenvalue weighted by Crippen LogP contribution is -2.34. The number of nitrogens with two attached hydrogens (primary N) is 1. The number of anilines is 1. The van der Waals surface area contributed by atoms with Gasteiger partial charge in [-0.1, -0.05) is 72.2 Å². The Balaban J connectivity index is 2.00. The van der Waals surface area contributed by atoms with Crippen LogP contribution in [-0.2, 0) is 0 Å². The molecule has 0 aliphatic carbocycles. The van der Waals surface area contributed by atoms with Gasteiger partial charge in [-0.2, -0.15) is 0 Å². The molecule has 0 saturated heterocycles. The van der Waals surface area contributed by atoms with Gasteiger partial charge in [-0.3, -0.25) is 4.79 Å². The van der Waals surface area contributed by atoms with Gasteiger partial charge in [-0.25, -0.2) is 9.98 Å². The fraction of sp³-hybridized carbons (Fsp3) is 0.406. The highest BCUT2D eigenvalue weighted by atomic mass is 16.1. The van der Waals surface area contributed by atoms with Crippen LogP contribution in [0.4, 0.5) is 5.82 Å². The van der Waals surface area contributed by atoms with Crippen LogP contribution in [0, 0.1) is 17.8 Å². The van der Waals surface area contributed by atoms with E-state index < -0.39 is 0 Å². The van der Waals surface area contributed by atoms with E-state index in [2.05, 4.69) is 61.4 Å². The van der Waals surface area contributed by atoms with Crippen molar-refractivity contribution in [1.82, 2.24) is 9.88 Å². The standard InChI is InChI=1S/C32H43N5O/c1-7-12-27(21-22(4)8-2)24(6)37-20-19-35-31(33)30(37)29(23(5)9-3)25-14-16-26(17-15-25)32(38)36-28-13-10-11-18-34-28/h10-11,13-20,22-23,27H,6-9,12,21H2,1-5H3,(H2,33,35)(H,34,36,38)/b30-29+. The Bertz CT molecular complexity index is 1180. The molecule has 0 saturated carbocycles. The summed E-state index contributed by atoms with van der Waals surface area (Å²) < 4.78 is 0. The predicted molar refractivity (Wildman–Crippen MR) is 159 cm³/mol. The van der Waals surface area contributed by atoms with E-state index in [4.69, 9.17) is 5.73 Å². The molecule has 3 rings (SSSR count). The summed E-state index contributed by atoms with van der Waals surface area (Å²) in [7, 11) is 0. The molecular weight excluding hydrogens is 470 g/mol. The summed E-state index contributed by atoms with van der Waals surface area (Å²) in [5.74, 6) is 2.01. The van der Waals surface area contributed by atoms with Crippen LogP contribution in [0.1, 0.15) is 82.6 Å². The molecule has 1 aliphatic rings. The SMILES string of the molecule is C=C(C(CCC)CC(C)CC)N1C=CN=C(N)/C1=C(\c1ccc(C(=O)Nc2ccccn2)cc1)C(C)CC. The lowest BCUT2D eigenvalue weighted by Gasteiger charge is -2.35. The Kier molecular flexibility index (Phi) is 10.5. The van der Waals surface area contributed by atoms with Crippen molar-refractivity contribution in [2.45, 2.75) is 66.7 Å². The topological polar surface area (TPSA) is 83.6 Å². The van der Waals surface area contributed by atoms with Crippen LogP contribution in [-0.4, -0.2) is 21.6 Å². The Hall–Kier alpha value is -3.67. The minimum absolute atomic E-state index is 0.197. The first-order valence-electron chi connectivity index (χ1n) is 13.9. The summed E-state index contributed by atoms with van der Waals surface area (Å²) in [6, 6.07) is 13.1. The number of hydrogen-bond acceptors (Lipinski definition) is 5. The Morgan fingerprint density at radius 1 is 1.05 bits per heavy atom. The van der Waals surface area contributed by atoms with E-state index in [1.807, 2.05) is 42.6 Å². The molecule has 1 aliphatic heterocycles. The summed E-state index contributed by atoms with van der Waals surface area (Å²) in [5, 5.41) is 2.85. The van der Waals surface area contributed by atoms with Gasteiger partial charge in [0, 0.05) is 29.9 Å². The van der Waals surface area contributed by atoms with Crippen molar-refractivity contribution >= 4 is 23.1 Å². The maximum absolute atomic E-state index is 12.8. The second-order valence-corrected chi connectivity index (χ2v) is 10.2. The molecule has 1 amide bonds. The molecule has 1 aromatic heterocycles. The van der Waals surface area contributed by atoms with Gasteiger partial charge in [0.2, 0.25) is 0 Å². The summed E-state index contributed by atoms with van der Waals surface area (Å²) in [6.07, 6.45) is 10.8. The van der Waals surface area contributed by atoms with Gasteiger partial charge in [-0.05, 0) is 72.4 Å². The van der Waals surface area contributed by atoms with Crippen molar-refractivity contribution < 1.29 is 4.79 Å². The van der Waals surface area contributed by atoms with E-state index in [0.29, 0.717) is 29.1 Å². The average molecular weight is 514 g/mol. The van der Waals surface area contributed by atoms with Crippen molar-refractivity contribution in [2.24, 2.45) is 28.5 Å². The molecule has 2 aromatic rings. The number of rotatable bonds is 12. The maximum atomic E-state index is 12.8. The quantitative estimate of drug-likeness (QED) is 0.306. The minimum atomic E-state index is -0.197. The number of amides is 1. The molecule has 6 nitrogen and oxygen atoms in total. The molecule has 3 unspecified atom stereocenters. The first-order chi connectivity index (χ1) is 18.3. The number of aromatic nitrogens is 1. The Morgan fingerprint density at radius 3 is 2.37 bits per heavy atom. The van der Waals surface area contributed by atoms with E-state index in [0.717, 1.165) is 54.6 Å². The summed E-state index contributed by atoms with van der Waals surface area (Å²) in [4.78, 5) is 23.6. The molecule has 6 heteroatoms. The average Bonchev–Trinajstić information content (AvgIpc) is 2.94. The highest BCUT2D eigenvalue weighted by molar-refractivity contribution is 6.06. The molecule has 0 fully saturated rings. The summed E-state index contributed by atoms with van der Waals surface area (Å²) in [5.41, 5.74) is 11.2. The van der Waals surface area contributed by atoms with Gasteiger partial charge >= 0.3 is 0 Å². The third kappa shape index (κ3) is 7.00. The van der Waals surface area contributed by atoms with E-state index >= 15 is 0 Å². The fourth-order valence-electron chi connectivity index (χ4n) is 4.85. The van der Waals surface area contributed by atoms with E-state index in [1.54, 1.807) is 18.5 Å². The van der Waals surface area contributed by atoms with Crippen molar-refractivity contribution in [3.05, 3.63) is 90.2 Å². The van der Waals surface area contributed by atoms with Gasteiger partial charge in [0.1, 0.15) is 11.7 Å². The largest absolute Gasteiger partial charge is 0.382 e. The van der Waals surface area contributed by atoms with Crippen LogP contribution >= 0.6 is 0 Å². The van der Waals surface area contributed by atoms with Crippen LogP contribution in [0.2, 0.25) is 0 Å². The molecule has 38 heavy (non-hydrogen) atoms. The van der Waals surface area contributed by atoms with Crippen LogP contribution < -0.4 is 11.1 Å². The molecule has 3 N–H and O–H groups in total. The number of carbonyl (C=O) groups excluding carboxylic acids is 1. The fourth-order valence-corrected chi connectivity index (χ4v) is 4.85. The third-order valence-corrected chi connectivity index (χ3v) is 7.44. The molecule has 0 radical (unpaired) electrons. The number of benzene rings is 1. The van der Waals surface area contributed by atoms with Gasteiger partial charge in [-0.15, -0.1) is 0 Å². The Morgan fingerprint density at radius 2 is 1.76 bits per heavy atom. The second kappa shape index (κ2) is 13.8.